The lowest BCUT2D eigenvalue weighted by Gasteiger charge is -2.05. The molecule has 0 fully saturated rings. The van der Waals surface area contributed by atoms with Crippen molar-refractivity contribution in [1.82, 2.24) is 9.78 Å². The summed E-state index contributed by atoms with van der Waals surface area (Å²) in [5, 5.41) is 14.0. The van der Waals surface area contributed by atoms with Gasteiger partial charge in [-0.15, -0.1) is 0 Å². The minimum Gasteiger partial charge on any atom is -0.493 e. The van der Waals surface area contributed by atoms with E-state index in [1.54, 1.807) is 19.1 Å². The minimum atomic E-state index is -0.596. The SMILES string of the molecule is CCOC(=O)c1cnn(-c2cccc(CN)c2)c1O. The van der Waals surface area contributed by atoms with E-state index in [1.165, 1.54) is 10.9 Å². The number of esters is 1. The topological polar surface area (TPSA) is 90.4 Å². The van der Waals surface area contributed by atoms with Gasteiger partial charge in [0.2, 0.25) is 5.88 Å². The van der Waals surface area contributed by atoms with Crippen LogP contribution < -0.4 is 5.73 Å². The van der Waals surface area contributed by atoms with E-state index in [0.29, 0.717) is 12.2 Å². The standard InChI is InChI=1S/C13H15N3O3/c1-2-19-13(18)11-8-15-16(12(11)17)10-5-3-4-9(6-10)7-14/h3-6,8,17H,2,7,14H2,1H3. The summed E-state index contributed by atoms with van der Waals surface area (Å²) >= 11 is 0. The minimum absolute atomic E-state index is 0.0417. The molecule has 0 saturated heterocycles. The van der Waals surface area contributed by atoms with Crippen LogP contribution in [0.15, 0.2) is 30.5 Å². The molecule has 100 valence electrons. The summed E-state index contributed by atoms with van der Waals surface area (Å²) in [6, 6.07) is 7.24. The molecular weight excluding hydrogens is 246 g/mol. The molecule has 2 rings (SSSR count). The summed E-state index contributed by atoms with van der Waals surface area (Å²) in [6.45, 7) is 2.33. The molecule has 0 saturated carbocycles. The summed E-state index contributed by atoms with van der Waals surface area (Å²) in [7, 11) is 0. The molecule has 0 unspecified atom stereocenters. The number of rotatable bonds is 4. The van der Waals surface area contributed by atoms with Crippen molar-refractivity contribution in [3.05, 3.63) is 41.6 Å². The highest BCUT2D eigenvalue weighted by molar-refractivity contribution is 5.91. The Morgan fingerprint density at radius 3 is 3.00 bits per heavy atom. The summed E-state index contributed by atoms with van der Waals surface area (Å²) in [5.41, 5.74) is 7.15. The number of carbonyl (C=O) groups excluding carboxylic acids is 1. The number of hydrogen-bond donors (Lipinski definition) is 2. The Bertz CT molecular complexity index is 593. The lowest BCUT2D eigenvalue weighted by Crippen LogP contribution is -2.04. The number of aromatic nitrogens is 2. The summed E-state index contributed by atoms with van der Waals surface area (Å²) in [6.07, 6.45) is 1.28. The van der Waals surface area contributed by atoms with Gasteiger partial charge >= 0.3 is 5.97 Å². The highest BCUT2D eigenvalue weighted by atomic mass is 16.5. The molecule has 0 atom stereocenters. The molecule has 1 aromatic heterocycles. The summed E-state index contributed by atoms with van der Waals surface area (Å²) in [4.78, 5) is 11.6. The Morgan fingerprint density at radius 1 is 1.53 bits per heavy atom. The highest BCUT2D eigenvalue weighted by Crippen LogP contribution is 2.22. The number of benzene rings is 1. The van der Waals surface area contributed by atoms with Gasteiger partial charge in [0.15, 0.2) is 0 Å². The Morgan fingerprint density at radius 2 is 2.32 bits per heavy atom. The summed E-state index contributed by atoms with van der Waals surface area (Å²) < 4.78 is 6.10. The number of nitrogens with zero attached hydrogens (tertiary/aromatic N) is 2. The molecule has 0 spiro atoms. The van der Waals surface area contributed by atoms with Gasteiger partial charge in [-0.25, -0.2) is 9.48 Å². The van der Waals surface area contributed by atoms with Crippen LogP contribution in [0, 0.1) is 0 Å². The third kappa shape index (κ3) is 2.58. The number of carbonyl (C=O) groups is 1. The zero-order valence-electron chi connectivity index (χ0n) is 10.5. The number of nitrogens with two attached hydrogens (primary N) is 1. The van der Waals surface area contributed by atoms with E-state index in [1.807, 2.05) is 12.1 Å². The molecule has 0 bridgehead atoms. The van der Waals surface area contributed by atoms with E-state index >= 15 is 0 Å². The van der Waals surface area contributed by atoms with Crippen molar-refractivity contribution < 1.29 is 14.6 Å². The fourth-order valence-corrected chi connectivity index (χ4v) is 1.70. The van der Waals surface area contributed by atoms with Crippen LogP contribution >= 0.6 is 0 Å². The first kappa shape index (κ1) is 13.1. The fraction of sp³-hybridized carbons (Fsp3) is 0.231. The van der Waals surface area contributed by atoms with Gasteiger partial charge in [0.05, 0.1) is 18.5 Å². The maximum absolute atomic E-state index is 11.6. The van der Waals surface area contributed by atoms with Crippen molar-refractivity contribution in [2.75, 3.05) is 6.61 Å². The third-order valence-electron chi connectivity index (χ3n) is 2.63. The van der Waals surface area contributed by atoms with E-state index in [4.69, 9.17) is 10.5 Å². The lowest BCUT2D eigenvalue weighted by atomic mass is 10.2. The molecular formula is C13H15N3O3. The van der Waals surface area contributed by atoms with Crippen LogP contribution in [0.3, 0.4) is 0 Å². The predicted molar refractivity (Wildman–Crippen MR) is 69.1 cm³/mol. The molecule has 0 aliphatic rings. The van der Waals surface area contributed by atoms with Gasteiger partial charge in [-0.05, 0) is 24.6 Å². The number of aromatic hydroxyl groups is 1. The lowest BCUT2D eigenvalue weighted by molar-refractivity contribution is 0.0523. The molecule has 0 aliphatic heterocycles. The van der Waals surface area contributed by atoms with Crippen molar-refractivity contribution in [3.8, 4) is 11.6 Å². The van der Waals surface area contributed by atoms with E-state index in [-0.39, 0.29) is 18.1 Å². The van der Waals surface area contributed by atoms with Crippen LogP contribution in [0.2, 0.25) is 0 Å². The van der Waals surface area contributed by atoms with E-state index in [0.717, 1.165) is 5.56 Å². The first-order chi connectivity index (χ1) is 9.17. The molecule has 6 heteroatoms. The first-order valence-electron chi connectivity index (χ1n) is 5.90. The largest absolute Gasteiger partial charge is 0.493 e. The average molecular weight is 261 g/mol. The van der Waals surface area contributed by atoms with Gasteiger partial charge in [-0.1, -0.05) is 12.1 Å². The maximum atomic E-state index is 11.6. The highest BCUT2D eigenvalue weighted by Gasteiger charge is 2.18. The molecule has 0 aliphatic carbocycles. The summed E-state index contributed by atoms with van der Waals surface area (Å²) in [5.74, 6) is -0.839. The van der Waals surface area contributed by atoms with Gasteiger partial charge in [-0.3, -0.25) is 0 Å². The van der Waals surface area contributed by atoms with Gasteiger partial charge in [0.1, 0.15) is 5.56 Å². The number of ether oxygens (including phenoxy) is 1. The predicted octanol–water partition coefficient (Wildman–Crippen LogP) is 1.21. The zero-order valence-corrected chi connectivity index (χ0v) is 10.5. The molecule has 1 heterocycles. The Labute approximate surface area is 110 Å². The van der Waals surface area contributed by atoms with Crippen molar-refractivity contribution in [1.29, 1.82) is 0 Å². The Balaban J connectivity index is 2.38. The van der Waals surface area contributed by atoms with Crippen molar-refractivity contribution in [3.63, 3.8) is 0 Å². The quantitative estimate of drug-likeness (QED) is 0.807. The van der Waals surface area contributed by atoms with E-state index < -0.39 is 5.97 Å². The van der Waals surface area contributed by atoms with Crippen molar-refractivity contribution in [2.24, 2.45) is 5.73 Å². The van der Waals surface area contributed by atoms with E-state index in [2.05, 4.69) is 5.10 Å². The molecule has 0 amide bonds. The molecule has 3 N–H and O–H groups in total. The zero-order chi connectivity index (χ0) is 13.8. The molecule has 2 aromatic rings. The van der Waals surface area contributed by atoms with Crippen LogP contribution in [0.1, 0.15) is 22.8 Å². The van der Waals surface area contributed by atoms with Gasteiger partial charge in [0, 0.05) is 6.54 Å². The molecule has 0 radical (unpaired) electrons. The second-order valence-electron chi connectivity index (χ2n) is 3.89. The molecule has 1 aromatic carbocycles. The van der Waals surface area contributed by atoms with Crippen LogP contribution in [0.4, 0.5) is 0 Å². The van der Waals surface area contributed by atoms with Crippen LogP contribution in [-0.2, 0) is 11.3 Å². The second kappa shape index (κ2) is 5.53. The third-order valence-corrected chi connectivity index (χ3v) is 2.63. The average Bonchev–Trinajstić information content (AvgIpc) is 2.81. The van der Waals surface area contributed by atoms with Gasteiger partial charge in [0.25, 0.3) is 0 Å². The first-order valence-corrected chi connectivity index (χ1v) is 5.90. The molecule has 19 heavy (non-hydrogen) atoms. The smallest absolute Gasteiger partial charge is 0.345 e. The maximum Gasteiger partial charge on any atom is 0.345 e. The Kier molecular flexibility index (Phi) is 3.82. The van der Waals surface area contributed by atoms with Gasteiger partial charge in [-0.2, -0.15) is 5.10 Å². The van der Waals surface area contributed by atoms with Crippen LogP contribution in [0.5, 0.6) is 5.88 Å². The van der Waals surface area contributed by atoms with E-state index in [9.17, 15) is 9.90 Å². The normalized spacial score (nSPS) is 10.4. The number of hydrogen-bond acceptors (Lipinski definition) is 5. The van der Waals surface area contributed by atoms with Crippen molar-refractivity contribution in [2.45, 2.75) is 13.5 Å². The van der Waals surface area contributed by atoms with Gasteiger partial charge < -0.3 is 15.6 Å². The van der Waals surface area contributed by atoms with Crippen LogP contribution in [0.25, 0.3) is 5.69 Å². The second-order valence-corrected chi connectivity index (χ2v) is 3.89. The molecule has 6 nitrogen and oxygen atoms in total. The Hall–Kier alpha value is -2.34. The monoisotopic (exact) mass is 261 g/mol. The fourth-order valence-electron chi connectivity index (χ4n) is 1.70. The van der Waals surface area contributed by atoms with Crippen LogP contribution in [-0.4, -0.2) is 27.5 Å². The van der Waals surface area contributed by atoms with Crippen molar-refractivity contribution >= 4 is 5.97 Å².